The molecule has 326 valence electrons. The van der Waals surface area contributed by atoms with Crippen LogP contribution in [0.4, 0.5) is 34.8 Å². The second-order valence-corrected chi connectivity index (χ2v) is 19.0. The Morgan fingerprint density at radius 3 is 2.12 bits per heavy atom. The van der Waals surface area contributed by atoms with E-state index in [1.165, 1.54) is 6.07 Å². The number of hydrogen-bond donors (Lipinski definition) is 5. The smallest absolute Gasteiger partial charge is 0.416 e. The number of nitrogen functional groups attached to an aromatic ring is 1. The second kappa shape index (κ2) is 22.8. The van der Waals surface area contributed by atoms with Gasteiger partial charge < -0.3 is 30.3 Å². The quantitative estimate of drug-likeness (QED) is 0.0348. The Morgan fingerprint density at radius 1 is 1.08 bits per heavy atom. The molecule has 0 saturated heterocycles. The summed E-state index contributed by atoms with van der Waals surface area (Å²) in [6, 6.07) is 3.79. The van der Waals surface area contributed by atoms with Crippen LogP contribution in [0.2, 0.25) is 15.1 Å². The fourth-order valence-electron chi connectivity index (χ4n) is 4.28. The molecule has 0 aliphatic carbocycles. The fourth-order valence-corrected chi connectivity index (χ4v) is 7.20. The van der Waals surface area contributed by atoms with E-state index in [9.17, 15) is 51.5 Å². The van der Waals surface area contributed by atoms with Crippen LogP contribution in [0.5, 0.6) is 0 Å². The fraction of sp³-hybridized carbons (Fsp3) is 0.367. The minimum atomic E-state index is -4.63. The van der Waals surface area contributed by atoms with Crippen molar-refractivity contribution in [1.82, 2.24) is 24.5 Å². The minimum Gasteiger partial charge on any atom is -0.778 e. The Balaban J connectivity index is 0.000000312. The Labute approximate surface area is 357 Å². The van der Waals surface area contributed by atoms with E-state index >= 15 is 0 Å². The summed E-state index contributed by atoms with van der Waals surface area (Å²) in [5.74, 6) is -3.36. The molecule has 6 N–H and O–H groups in total. The molecule has 0 radical (unpaired) electrons. The van der Waals surface area contributed by atoms with E-state index in [-0.39, 0.29) is 37.1 Å². The molecule has 0 fully saturated rings. The highest BCUT2D eigenvalue weighted by molar-refractivity contribution is 8.00. The predicted molar refractivity (Wildman–Crippen MR) is 216 cm³/mol. The van der Waals surface area contributed by atoms with Crippen LogP contribution in [0, 0.1) is 15.9 Å². The number of nitrogens with one attached hydrogen (secondary N) is 1. The number of fused-ring (bicyclic) bond motifs is 1. The summed E-state index contributed by atoms with van der Waals surface area (Å²) >= 11 is 19.4. The van der Waals surface area contributed by atoms with Gasteiger partial charge in [0.25, 0.3) is 0 Å². The average molecular weight is 976 g/mol. The van der Waals surface area contributed by atoms with E-state index in [2.05, 4.69) is 28.9 Å². The molecule has 2 aromatic heterocycles. The maximum Gasteiger partial charge on any atom is 0.416 e. The Bertz CT molecular complexity index is 2290. The number of hydrogen-bond acceptors (Lipinski definition) is 13. The molecule has 2 aromatic carbocycles. The van der Waals surface area contributed by atoms with Crippen LogP contribution in [-0.2, 0) is 44.3 Å². The topological polar surface area (TPSA) is 273 Å². The molecule has 1 aliphatic heterocycles. The monoisotopic (exact) mass is 974 g/mol. The SMILES string of the molecule is C[S+](C)C.Nc1c([N+](=O)[O-])cnn1-c1c(Cl)cc(C(F)(F)F)cc1Cl.O=C(O)CNCP(=O)([O-])O.O=C(O)CSc1cc(N=c2sc(=O)n3n2CCCC3)c(F)cc1Cl. The zero-order valence-electron chi connectivity index (χ0n) is 30.6. The number of carbonyl (C=O) groups is 2. The van der Waals surface area contributed by atoms with E-state index in [1.54, 1.807) is 9.36 Å². The Kier molecular flexibility index (Phi) is 19.9. The van der Waals surface area contributed by atoms with E-state index in [4.69, 9.17) is 55.6 Å². The maximum atomic E-state index is 14.2. The minimum absolute atomic E-state index is 0.0370. The summed E-state index contributed by atoms with van der Waals surface area (Å²) in [7, 11) is -3.71. The van der Waals surface area contributed by atoms with Gasteiger partial charge in [0.2, 0.25) is 10.6 Å². The van der Waals surface area contributed by atoms with Crippen LogP contribution >= 0.6 is 65.5 Å². The summed E-state index contributed by atoms with van der Waals surface area (Å²) in [6.07, 6.45) is 3.96. The van der Waals surface area contributed by atoms with Gasteiger partial charge >= 0.3 is 28.7 Å². The number of alkyl halides is 3. The summed E-state index contributed by atoms with van der Waals surface area (Å²) in [5.41, 5.74) is 3.82. The Morgan fingerprint density at radius 2 is 1.64 bits per heavy atom. The number of nitro groups is 1. The number of anilines is 1. The molecule has 0 spiro atoms. The number of halogens is 7. The molecular formula is C30H34Cl3F4N8O10PS3. The van der Waals surface area contributed by atoms with Gasteiger partial charge in [0.1, 0.15) is 31.0 Å². The summed E-state index contributed by atoms with van der Waals surface area (Å²) in [5, 5.41) is 32.4. The van der Waals surface area contributed by atoms with Gasteiger partial charge in [-0.2, -0.15) is 18.3 Å². The third-order valence-corrected chi connectivity index (χ3v) is 10.1. The van der Waals surface area contributed by atoms with Crippen molar-refractivity contribution in [2.75, 3.05) is 43.1 Å². The molecule has 1 atom stereocenters. The summed E-state index contributed by atoms with van der Waals surface area (Å²) in [4.78, 5) is 65.3. The van der Waals surface area contributed by atoms with Gasteiger partial charge in [0.05, 0.1) is 62.9 Å². The highest BCUT2D eigenvalue weighted by Gasteiger charge is 2.33. The van der Waals surface area contributed by atoms with Crippen molar-refractivity contribution in [2.45, 2.75) is 37.0 Å². The van der Waals surface area contributed by atoms with E-state index in [0.29, 0.717) is 45.8 Å². The molecule has 18 nitrogen and oxygen atoms in total. The normalized spacial score (nSPS) is 13.5. The molecule has 0 bridgehead atoms. The first-order valence-corrected chi connectivity index (χ1v) is 23.1. The largest absolute Gasteiger partial charge is 0.778 e. The van der Waals surface area contributed by atoms with Crippen molar-refractivity contribution < 1.29 is 56.6 Å². The van der Waals surface area contributed by atoms with E-state index < -0.39 is 66.4 Å². The maximum absolute atomic E-state index is 14.2. The lowest BCUT2D eigenvalue weighted by Crippen LogP contribution is -2.31. The average Bonchev–Trinajstić information content (AvgIpc) is 3.63. The lowest BCUT2D eigenvalue weighted by molar-refractivity contribution is -0.383. The predicted octanol–water partition coefficient (Wildman–Crippen LogP) is 5.05. The number of carboxylic acids is 2. The third kappa shape index (κ3) is 16.7. The first-order valence-electron chi connectivity index (χ1n) is 15.9. The van der Waals surface area contributed by atoms with Crippen LogP contribution in [0.15, 0.2) is 45.1 Å². The molecule has 4 aromatic rings. The second-order valence-electron chi connectivity index (χ2n) is 11.8. The summed E-state index contributed by atoms with van der Waals surface area (Å²) in [6.45, 7) is 0.813. The zero-order valence-corrected chi connectivity index (χ0v) is 36.2. The lowest BCUT2D eigenvalue weighted by Gasteiger charge is -2.15. The van der Waals surface area contributed by atoms with Crippen LogP contribution < -0.4 is 25.6 Å². The van der Waals surface area contributed by atoms with Gasteiger partial charge in [-0.25, -0.2) is 18.7 Å². The van der Waals surface area contributed by atoms with Crippen LogP contribution in [0.25, 0.3) is 5.69 Å². The van der Waals surface area contributed by atoms with Crippen molar-refractivity contribution in [3.63, 3.8) is 0 Å². The molecule has 0 saturated carbocycles. The molecule has 1 unspecified atom stereocenters. The molecule has 29 heteroatoms. The van der Waals surface area contributed by atoms with E-state index in [0.717, 1.165) is 52.9 Å². The first kappa shape index (κ1) is 51.5. The number of carboxylic acid groups (broad SMARTS) is 2. The number of nitrogens with two attached hydrogens (primary N) is 1. The molecular weight excluding hydrogens is 942 g/mol. The highest BCUT2D eigenvalue weighted by Crippen LogP contribution is 2.39. The summed E-state index contributed by atoms with van der Waals surface area (Å²) < 4.78 is 66.1. The van der Waals surface area contributed by atoms with Gasteiger partial charge in [-0.1, -0.05) is 34.8 Å². The lowest BCUT2D eigenvalue weighted by atomic mass is 10.2. The number of thioether (sulfide) groups is 1. The zero-order chi connectivity index (χ0) is 45.0. The number of nitrogens with zero attached hydrogens (tertiary/aromatic N) is 6. The number of aromatic nitrogens is 4. The number of benzene rings is 2. The van der Waals surface area contributed by atoms with Crippen LogP contribution in [0.1, 0.15) is 18.4 Å². The highest BCUT2D eigenvalue weighted by atomic mass is 35.5. The van der Waals surface area contributed by atoms with Gasteiger partial charge in [-0.3, -0.25) is 34.5 Å². The van der Waals surface area contributed by atoms with Gasteiger partial charge in [0, 0.05) is 18.0 Å². The molecule has 1 aliphatic rings. The van der Waals surface area contributed by atoms with Gasteiger partial charge in [-0.05, 0) is 59.3 Å². The molecule has 0 amide bonds. The van der Waals surface area contributed by atoms with Crippen molar-refractivity contribution >= 4 is 106 Å². The van der Waals surface area contributed by atoms with E-state index in [1.807, 2.05) is 5.32 Å². The molecule has 5 rings (SSSR count). The van der Waals surface area contributed by atoms with Crippen molar-refractivity contribution in [1.29, 1.82) is 0 Å². The van der Waals surface area contributed by atoms with Crippen LogP contribution in [-0.4, -0.2) is 88.5 Å². The standard InChI is InChI=1S/C14H13ClFN3O3S2.C10H5Cl2F3N4O2.C3H8NO5P.C3H9S/c15-8-5-9(16)10(6-11(8)23-7-12(20)21)17-13-18-3-1-2-4-19(18)14(22)24-13;11-5-1-4(10(13,14)15)2-6(12)8(5)18-9(16)7(3-17-18)19(20)21;5-3(6)1-4-2-10(7,8)9;1-4(2)3/h5-6H,1-4,7H2,(H,20,21);1-3H,16H2;4H,1-2H2,(H,5,6)(H2,7,8,9);1-3H3/q;;;+1/p-1. The molecule has 3 heterocycles. The van der Waals surface area contributed by atoms with Gasteiger partial charge in [-0.15, -0.1) is 11.8 Å². The Hall–Kier alpha value is -3.65. The molecule has 59 heavy (non-hydrogen) atoms. The number of rotatable bonds is 10. The van der Waals surface area contributed by atoms with Crippen LogP contribution in [0.3, 0.4) is 0 Å². The first-order chi connectivity index (χ1) is 27.2. The third-order valence-electron chi connectivity index (χ3n) is 6.59. The number of aliphatic carboxylic acids is 2. The van der Waals surface area contributed by atoms with Crippen molar-refractivity contribution in [3.8, 4) is 5.69 Å². The van der Waals surface area contributed by atoms with Gasteiger partial charge in [0.15, 0.2) is 0 Å². The van der Waals surface area contributed by atoms with Crippen molar-refractivity contribution in [2.24, 2.45) is 4.99 Å². The van der Waals surface area contributed by atoms with Crippen molar-refractivity contribution in [3.05, 3.63) is 81.5 Å².